The Hall–Kier alpha value is -1.32. The molecule has 78 valence electrons. The first-order chi connectivity index (χ1) is 6.61. The summed E-state index contributed by atoms with van der Waals surface area (Å²) in [6, 6.07) is 0. The highest BCUT2D eigenvalue weighted by Gasteiger charge is 2.09. The van der Waals surface area contributed by atoms with Crippen LogP contribution in [0.15, 0.2) is 10.6 Å². The quantitative estimate of drug-likeness (QED) is 0.694. The molecule has 0 amide bonds. The molecule has 1 heterocycles. The number of nitrogens with zero attached hydrogens (tertiary/aromatic N) is 1. The van der Waals surface area contributed by atoms with Crippen LogP contribution in [-0.2, 0) is 11.2 Å². The van der Waals surface area contributed by atoms with Crippen molar-refractivity contribution in [3.63, 3.8) is 0 Å². The molecule has 1 aromatic heterocycles. The molecule has 0 saturated heterocycles. The van der Waals surface area contributed by atoms with Gasteiger partial charge in [-0.2, -0.15) is 0 Å². The summed E-state index contributed by atoms with van der Waals surface area (Å²) in [6.45, 7) is 5.87. The third-order valence-corrected chi connectivity index (χ3v) is 1.62. The van der Waals surface area contributed by atoms with Crippen molar-refractivity contribution in [1.29, 1.82) is 0 Å². The maximum absolute atomic E-state index is 10.9. The van der Waals surface area contributed by atoms with Gasteiger partial charge in [-0.15, -0.1) is 0 Å². The van der Waals surface area contributed by atoms with E-state index in [1.807, 2.05) is 0 Å². The summed E-state index contributed by atoms with van der Waals surface area (Å²) in [5.41, 5.74) is 0. The SMILES string of the molecule is CCC(=O)Oc1cnc(CC(C)C)o1. The van der Waals surface area contributed by atoms with Crippen molar-refractivity contribution in [3.05, 3.63) is 12.1 Å². The second-order valence-electron chi connectivity index (χ2n) is 3.50. The molecule has 0 fully saturated rings. The molecule has 0 radical (unpaired) electrons. The lowest BCUT2D eigenvalue weighted by Crippen LogP contribution is -2.04. The Morgan fingerprint density at radius 2 is 2.36 bits per heavy atom. The van der Waals surface area contributed by atoms with Gasteiger partial charge in [-0.1, -0.05) is 20.8 Å². The highest BCUT2D eigenvalue weighted by Crippen LogP contribution is 2.15. The first-order valence-electron chi connectivity index (χ1n) is 4.77. The van der Waals surface area contributed by atoms with Crippen LogP contribution in [0.4, 0.5) is 0 Å². The maximum Gasteiger partial charge on any atom is 0.313 e. The minimum absolute atomic E-state index is 0.188. The Morgan fingerprint density at radius 3 is 2.93 bits per heavy atom. The minimum Gasteiger partial charge on any atom is -0.410 e. The number of aromatic nitrogens is 1. The van der Waals surface area contributed by atoms with Crippen molar-refractivity contribution < 1.29 is 13.9 Å². The summed E-state index contributed by atoms with van der Waals surface area (Å²) in [7, 11) is 0. The number of hydrogen-bond acceptors (Lipinski definition) is 4. The van der Waals surface area contributed by atoms with Gasteiger partial charge in [-0.25, -0.2) is 4.98 Å². The van der Waals surface area contributed by atoms with Crippen LogP contribution in [0.25, 0.3) is 0 Å². The van der Waals surface area contributed by atoms with E-state index >= 15 is 0 Å². The van der Waals surface area contributed by atoms with E-state index in [0.717, 1.165) is 6.42 Å². The summed E-state index contributed by atoms with van der Waals surface area (Å²) in [4.78, 5) is 14.9. The number of oxazole rings is 1. The van der Waals surface area contributed by atoms with Crippen LogP contribution in [0.2, 0.25) is 0 Å². The van der Waals surface area contributed by atoms with E-state index in [0.29, 0.717) is 18.2 Å². The zero-order valence-corrected chi connectivity index (χ0v) is 8.74. The number of hydrogen-bond donors (Lipinski definition) is 0. The van der Waals surface area contributed by atoms with Crippen molar-refractivity contribution in [2.45, 2.75) is 33.6 Å². The van der Waals surface area contributed by atoms with Crippen LogP contribution in [0, 0.1) is 5.92 Å². The summed E-state index contributed by atoms with van der Waals surface area (Å²) < 4.78 is 10.1. The highest BCUT2D eigenvalue weighted by atomic mass is 16.6. The fraction of sp³-hybridized carbons (Fsp3) is 0.600. The Balaban J connectivity index is 2.55. The predicted molar refractivity (Wildman–Crippen MR) is 51.0 cm³/mol. The molecular weight excluding hydrogens is 182 g/mol. The standard InChI is InChI=1S/C10H15NO3/c1-4-9(12)14-10-6-11-8(13-10)5-7(2)3/h6-7H,4-5H2,1-3H3. The molecular formula is C10H15NO3. The second kappa shape index (κ2) is 4.79. The van der Waals surface area contributed by atoms with Crippen LogP contribution in [0.5, 0.6) is 5.95 Å². The van der Waals surface area contributed by atoms with Gasteiger partial charge in [-0.3, -0.25) is 4.79 Å². The van der Waals surface area contributed by atoms with Crippen molar-refractivity contribution in [3.8, 4) is 5.95 Å². The zero-order chi connectivity index (χ0) is 10.6. The summed E-state index contributed by atoms with van der Waals surface area (Å²) in [5.74, 6) is 0.965. The minimum atomic E-state index is -0.308. The lowest BCUT2D eigenvalue weighted by atomic mass is 10.1. The first kappa shape index (κ1) is 10.8. The Labute approximate surface area is 83.3 Å². The van der Waals surface area contributed by atoms with E-state index < -0.39 is 0 Å². The number of esters is 1. The largest absolute Gasteiger partial charge is 0.410 e. The van der Waals surface area contributed by atoms with Crippen molar-refractivity contribution in [1.82, 2.24) is 4.98 Å². The Morgan fingerprint density at radius 1 is 1.64 bits per heavy atom. The molecule has 0 bridgehead atoms. The van der Waals surface area contributed by atoms with Crippen LogP contribution in [-0.4, -0.2) is 11.0 Å². The van der Waals surface area contributed by atoms with Gasteiger partial charge >= 0.3 is 11.9 Å². The third-order valence-electron chi connectivity index (χ3n) is 1.62. The Bertz CT molecular complexity index is 304. The highest BCUT2D eigenvalue weighted by molar-refractivity contribution is 5.71. The van der Waals surface area contributed by atoms with Crippen molar-refractivity contribution in [2.75, 3.05) is 0 Å². The molecule has 0 aliphatic heterocycles. The fourth-order valence-electron chi connectivity index (χ4n) is 0.969. The van der Waals surface area contributed by atoms with E-state index in [-0.39, 0.29) is 11.9 Å². The van der Waals surface area contributed by atoms with Gasteiger partial charge in [0, 0.05) is 12.8 Å². The molecule has 14 heavy (non-hydrogen) atoms. The molecule has 0 spiro atoms. The van der Waals surface area contributed by atoms with Crippen LogP contribution >= 0.6 is 0 Å². The van der Waals surface area contributed by atoms with Gasteiger partial charge in [0.2, 0.25) is 0 Å². The molecule has 4 nitrogen and oxygen atoms in total. The lowest BCUT2D eigenvalue weighted by Gasteiger charge is -1.98. The summed E-state index contributed by atoms with van der Waals surface area (Å²) in [5, 5.41) is 0. The van der Waals surface area contributed by atoms with E-state index in [1.54, 1.807) is 6.92 Å². The average molecular weight is 197 g/mol. The topological polar surface area (TPSA) is 52.3 Å². The molecule has 1 rings (SSSR count). The molecule has 0 aliphatic rings. The van der Waals surface area contributed by atoms with Gasteiger partial charge in [0.05, 0.1) is 0 Å². The zero-order valence-electron chi connectivity index (χ0n) is 8.74. The van der Waals surface area contributed by atoms with Gasteiger partial charge in [0.25, 0.3) is 0 Å². The lowest BCUT2D eigenvalue weighted by molar-refractivity contribution is -0.135. The van der Waals surface area contributed by atoms with Crippen LogP contribution in [0.3, 0.4) is 0 Å². The van der Waals surface area contributed by atoms with Crippen LogP contribution < -0.4 is 4.74 Å². The van der Waals surface area contributed by atoms with Crippen LogP contribution in [0.1, 0.15) is 33.1 Å². The first-order valence-corrected chi connectivity index (χ1v) is 4.77. The molecule has 0 aliphatic carbocycles. The summed E-state index contributed by atoms with van der Waals surface area (Å²) >= 11 is 0. The second-order valence-corrected chi connectivity index (χ2v) is 3.50. The summed E-state index contributed by atoms with van der Waals surface area (Å²) in [6.07, 6.45) is 2.52. The van der Waals surface area contributed by atoms with Gasteiger partial charge in [-0.05, 0) is 5.92 Å². The predicted octanol–water partition coefficient (Wildman–Crippen LogP) is 2.19. The molecule has 0 unspecified atom stereocenters. The van der Waals surface area contributed by atoms with Gasteiger partial charge < -0.3 is 9.15 Å². The molecule has 0 saturated carbocycles. The maximum atomic E-state index is 10.9. The third kappa shape index (κ3) is 3.20. The van der Waals surface area contributed by atoms with E-state index in [4.69, 9.17) is 9.15 Å². The van der Waals surface area contributed by atoms with Crippen molar-refractivity contribution >= 4 is 5.97 Å². The van der Waals surface area contributed by atoms with E-state index in [1.165, 1.54) is 6.20 Å². The number of ether oxygens (including phenoxy) is 1. The fourth-order valence-corrected chi connectivity index (χ4v) is 0.969. The van der Waals surface area contributed by atoms with E-state index in [2.05, 4.69) is 18.8 Å². The number of carbonyl (C=O) groups excluding carboxylic acids is 1. The number of carbonyl (C=O) groups is 1. The molecule has 4 heteroatoms. The van der Waals surface area contributed by atoms with Gasteiger partial charge in [0.1, 0.15) is 6.20 Å². The molecule has 1 aromatic rings. The number of rotatable bonds is 4. The Kier molecular flexibility index (Phi) is 3.68. The normalized spacial score (nSPS) is 10.6. The van der Waals surface area contributed by atoms with Crippen molar-refractivity contribution in [2.24, 2.45) is 5.92 Å². The van der Waals surface area contributed by atoms with Gasteiger partial charge in [0.15, 0.2) is 5.89 Å². The molecule has 0 N–H and O–H groups in total. The molecule has 0 atom stereocenters. The monoisotopic (exact) mass is 197 g/mol. The average Bonchev–Trinajstić information content (AvgIpc) is 2.51. The van der Waals surface area contributed by atoms with E-state index in [9.17, 15) is 4.79 Å². The molecule has 0 aromatic carbocycles. The smallest absolute Gasteiger partial charge is 0.313 e.